The molecule has 8 heteroatoms. The first-order chi connectivity index (χ1) is 14.3. The lowest BCUT2D eigenvalue weighted by Gasteiger charge is -2.23. The summed E-state index contributed by atoms with van der Waals surface area (Å²) in [7, 11) is 0.785. The van der Waals surface area contributed by atoms with Crippen molar-refractivity contribution in [2.24, 2.45) is 0 Å². The lowest BCUT2D eigenvalue weighted by molar-refractivity contribution is 0.0785. The number of amides is 1. The Bertz CT molecular complexity index is 1140. The van der Waals surface area contributed by atoms with Crippen LogP contribution in [0.15, 0.2) is 64.9 Å². The summed E-state index contributed by atoms with van der Waals surface area (Å²) in [5, 5.41) is 1.96. The van der Waals surface area contributed by atoms with Crippen molar-refractivity contribution in [1.82, 2.24) is 4.90 Å². The predicted molar refractivity (Wildman–Crippen MR) is 120 cm³/mol. The zero-order valence-corrected chi connectivity index (χ0v) is 19.0. The summed E-state index contributed by atoms with van der Waals surface area (Å²) in [6.07, 6.45) is 0. The number of hydrogen-bond donors (Lipinski definition) is 0. The molecule has 0 atom stereocenters. The van der Waals surface area contributed by atoms with Gasteiger partial charge < -0.3 is 9.64 Å². The van der Waals surface area contributed by atoms with Crippen molar-refractivity contribution in [2.75, 3.05) is 25.5 Å². The van der Waals surface area contributed by atoms with E-state index in [1.807, 2.05) is 17.5 Å². The molecule has 0 fully saturated rings. The SMILES string of the molecule is COc1ccccc1N(C)S(=O)(=O)c1ccc(C)c(C(=O)N(C)Cc2cccs2)c1. The molecule has 0 aliphatic heterocycles. The van der Waals surface area contributed by atoms with E-state index < -0.39 is 10.0 Å². The first kappa shape index (κ1) is 21.9. The minimum Gasteiger partial charge on any atom is -0.495 e. The third-order valence-electron chi connectivity index (χ3n) is 4.84. The lowest BCUT2D eigenvalue weighted by Crippen LogP contribution is -2.29. The number of thiophene rings is 1. The van der Waals surface area contributed by atoms with Gasteiger partial charge in [-0.3, -0.25) is 9.10 Å². The second-order valence-electron chi connectivity index (χ2n) is 6.86. The first-order valence-electron chi connectivity index (χ1n) is 9.26. The van der Waals surface area contributed by atoms with Gasteiger partial charge in [0.05, 0.1) is 24.2 Å². The topological polar surface area (TPSA) is 66.9 Å². The second-order valence-corrected chi connectivity index (χ2v) is 9.86. The van der Waals surface area contributed by atoms with Gasteiger partial charge in [0.2, 0.25) is 0 Å². The third kappa shape index (κ3) is 4.34. The van der Waals surface area contributed by atoms with E-state index in [1.54, 1.807) is 60.5 Å². The Labute approximate surface area is 181 Å². The molecule has 0 aliphatic carbocycles. The second kappa shape index (κ2) is 8.89. The van der Waals surface area contributed by atoms with Gasteiger partial charge in [-0.1, -0.05) is 24.3 Å². The van der Waals surface area contributed by atoms with Gasteiger partial charge in [-0.15, -0.1) is 11.3 Å². The summed E-state index contributed by atoms with van der Waals surface area (Å²) in [6.45, 7) is 2.26. The van der Waals surface area contributed by atoms with Crippen LogP contribution in [-0.2, 0) is 16.6 Å². The van der Waals surface area contributed by atoms with Crippen LogP contribution in [0.3, 0.4) is 0 Å². The monoisotopic (exact) mass is 444 g/mol. The van der Waals surface area contributed by atoms with E-state index in [-0.39, 0.29) is 10.8 Å². The van der Waals surface area contributed by atoms with Gasteiger partial charge in [0, 0.05) is 24.5 Å². The molecule has 0 N–H and O–H groups in total. The van der Waals surface area contributed by atoms with E-state index in [1.165, 1.54) is 30.6 Å². The molecule has 1 heterocycles. The average Bonchev–Trinajstić information content (AvgIpc) is 3.25. The number of carbonyl (C=O) groups is 1. The minimum atomic E-state index is -3.89. The number of sulfonamides is 1. The summed E-state index contributed by atoms with van der Waals surface area (Å²) in [6, 6.07) is 15.4. The molecule has 2 aromatic carbocycles. The Kier molecular flexibility index (Phi) is 6.48. The molecule has 6 nitrogen and oxygen atoms in total. The predicted octanol–water partition coefficient (Wildman–Crippen LogP) is 4.16. The Morgan fingerprint density at radius 3 is 2.47 bits per heavy atom. The number of benzene rings is 2. The Hall–Kier alpha value is -2.84. The van der Waals surface area contributed by atoms with E-state index >= 15 is 0 Å². The molecule has 0 aliphatic rings. The average molecular weight is 445 g/mol. The van der Waals surface area contributed by atoms with Gasteiger partial charge in [0.25, 0.3) is 15.9 Å². The highest BCUT2D eigenvalue weighted by Gasteiger charge is 2.26. The summed E-state index contributed by atoms with van der Waals surface area (Å²) in [5.41, 5.74) is 1.50. The molecule has 3 aromatic rings. The quantitative estimate of drug-likeness (QED) is 0.549. The highest BCUT2D eigenvalue weighted by Crippen LogP contribution is 2.31. The maximum absolute atomic E-state index is 13.3. The molecule has 3 rings (SSSR count). The summed E-state index contributed by atoms with van der Waals surface area (Å²) < 4.78 is 33.0. The molecule has 1 amide bonds. The molecule has 158 valence electrons. The fraction of sp³-hybridized carbons (Fsp3) is 0.227. The van der Waals surface area contributed by atoms with Gasteiger partial charge in [-0.2, -0.15) is 0 Å². The molecule has 0 saturated heterocycles. The van der Waals surface area contributed by atoms with Crippen molar-refractivity contribution < 1.29 is 17.9 Å². The summed E-state index contributed by atoms with van der Waals surface area (Å²) >= 11 is 1.57. The fourth-order valence-corrected chi connectivity index (χ4v) is 5.07. The van der Waals surface area contributed by atoms with Crippen LogP contribution in [0.1, 0.15) is 20.8 Å². The maximum Gasteiger partial charge on any atom is 0.264 e. The number of hydrogen-bond acceptors (Lipinski definition) is 5. The zero-order valence-electron chi connectivity index (χ0n) is 17.3. The van der Waals surface area contributed by atoms with Gasteiger partial charge in [-0.05, 0) is 48.2 Å². The van der Waals surface area contributed by atoms with Crippen LogP contribution in [0.4, 0.5) is 5.69 Å². The molecule has 30 heavy (non-hydrogen) atoms. The number of rotatable bonds is 7. The van der Waals surface area contributed by atoms with Crippen molar-refractivity contribution in [3.8, 4) is 5.75 Å². The number of anilines is 1. The number of nitrogens with zero attached hydrogens (tertiary/aromatic N) is 2. The van der Waals surface area contributed by atoms with E-state index in [0.29, 0.717) is 23.5 Å². The van der Waals surface area contributed by atoms with E-state index in [4.69, 9.17) is 4.74 Å². The van der Waals surface area contributed by atoms with Crippen molar-refractivity contribution in [1.29, 1.82) is 0 Å². The van der Waals surface area contributed by atoms with E-state index in [0.717, 1.165) is 10.4 Å². The highest BCUT2D eigenvalue weighted by molar-refractivity contribution is 7.92. The molecule has 0 spiro atoms. The van der Waals surface area contributed by atoms with Crippen LogP contribution in [0.2, 0.25) is 0 Å². The van der Waals surface area contributed by atoms with Crippen LogP contribution in [0.5, 0.6) is 5.75 Å². The van der Waals surface area contributed by atoms with Crippen LogP contribution < -0.4 is 9.04 Å². The Balaban J connectivity index is 1.94. The first-order valence-corrected chi connectivity index (χ1v) is 11.6. The van der Waals surface area contributed by atoms with Gasteiger partial charge in [0.15, 0.2) is 0 Å². The smallest absolute Gasteiger partial charge is 0.264 e. The van der Waals surface area contributed by atoms with Crippen molar-refractivity contribution >= 4 is 33.0 Å². The summed E-state index contributed by atoms with van der Waals surface area (Å²) in [5.74, 6) is 0.223. The van der Waals surface area contributed by atoms with E-state index in [2.05, 4.69) is 0 Å². The highest BCUT2D eigenvalue weighted by atomic mass is 32.2. The third-order valence-corrected chi connectivity index (χ3v) is 7.47. The number of carbonyl (C=O) groups excluding carboxylic acids is 1. The minimum absolute atomic E-state index is 0.0504. The van der Waals surface area contributed by atoms with Crippen LogP contribution in [-0.4, -0.2) is 40.4 Å². The van der Waals surface area contributed by atoms with Crippen LogP contribution in [0.25, 0.3) is 0 Å². The standard InChI is InChI=1S/C22H24N2O4S2/c1-16-11-12-18(14-19(16)22(25)23(2)15-17-8-7-13-29-17)30(26,27)24(3)20-9-5-6-10-21(20)28-4/h5-14H,15H2,1-4H3. The van der Waals surface area contributed by atoms with Gasteiger partial charge in [-0.25, -0.2) is 8.42 Å². The van der Waals surface area contributed by atoms with Crippen LogP contribution >= 0.6 is 11.3 Å². The summed E-state index contributed by atoms with van der Waals surface area (Å²) in [4.78, 5) is 15.7. The number of para-hydroxylation sites is 2. The van der Waals surface area contributed by atoms with Crippen LogP contribution in [0, 0.1) is 6.92 Å². The largest absolute Gasteiger partial charge is 0.495 e. The maximum atomic E-state index is 13.3. The molecule has 0 radical (unpaired) electrons. The lowest BCUT2D eigenvalue weighted by atomic mass is 10.1. The Morgan fingerprint density at radius 2 is 1.80 bits per heavy atom. The number of methoxy groups -OCH3 is 1. The number of aryl methyl sites for hydroxylation is 1. The fourth-order valence-electron chi connectivity index (χ4n) is 3.08. The van der Waals surface area contributed by atoms with Crippen molar-refractivity contribution in [2.45, 2.75) is 18.4 Å². The van der Waals surface area contributed by atoms with Gasteiger partial charge in [0.1, 0.15) is 5.75 Å². The molecule has 1 aromatic heterocycles. The zero-order chi connectivity index (χ0) is 21.9. The number of ether oxygens (including phenoxy) is 1. The molecule has 0 unspecified atom stereocenters. The molecular formula is C22H24N2O4S2. The van der Waals surface area contributed by atoms with Crippen molar-refractivity contribution in [3.05, 3.63) is 76.0 Å². The van der Waals surface area contributed by atoms with Gasteiger partial charge >= 0.3 is 0 Å². The molecule has 0 saturated carbocycles. The van der Waals surface area contributed by atoms with E-state index in [9.17, 15) is 13.2 Å². The Morgan fingerprint density at radius 1 is 1.07 bits per heavy atom. The normalized spacial score (nSPS) is 11.2. The molecular weight excluding hydrogens is 420 g/mol. The molecule has 0 bridgehead atoms. The van der Waals surface area contributed by atoms with Crippen molar-refractivity contribution in [3.63, 3.8) is 0 Å².